The molecule has 3 fully saturated rings. The van der Waals surface area contributed by atoms with Gasteiger partial charge in [0, 0.05) is 18.2 Å². The molecule has 4 rings (SSSR count). The average molecular weight is 260 g/mol. The summed E-state index contributed by atoms with van der Waals surface area (Å²) in [5.74, 6) is 2.67. The lowest BCUT2D eigenvalue weighted by atomic mass is 9.83. The van der Waals surface area contributed by atoms with Crippen molar-refractivity contribution in [1.82, 2.24) is 10.4 Å². The van der Waals surface area contributed by atoms with Gasteiger partial charge in [-0.3, -0.25) is 4.79 Å². The third kappa shape index (κ3) is 1.66. The van der Waals surface area contributed by atoms with Crippen LogP contribution in [0.3, 0.4) is 0 Å². The molecule has 3 atom stereocenters. The van der Waals surface area contributed by atoms with Crippen LogP contribution in [0.25, 0.3) is 0 Å². The number of hydroxylamine groups is 1. The molecule has 0 spiro atoms. The molecule has 0 radical (unpaired) electrons. The second kappa shape index (κ2) is 4.10. The second-order valence-corrected chi connectivity index (χ2v) is 6.38. The normalized spacial score (nSPS) is 40.6. The molecular formula is C15H20N2O2. The zero-order chi connectivity index (χ0) is 13.0. The summed E-state index contributed by atoms with van der Waals surface area (Å²) in [6, 6.07) is 0.180. The van der Waals surface area contributed by atoms with Crippen molar-refractivity contribution in [1.29, 1.82) is 0 Å². The fourth-order valence-electron chi connectivity index (χ4n) is 4.30. The highest BCUT2D eigenvalue weighted by Crippen LogP contribution is 2.44. The predicted molar refractivity (Wildman–Crippen MR) is 70.8 cm³/mol. The van der Waals surface area contributed by atoms with Gasteiger partial charge in [0.15, 0.2) is 11.8 Å². The molecule has 19 heavy (non-hydrogen) atoms. The molecule has 2 bridgehead atoms. The van der Waals surface area contributed by atoms with Crippen molar-refractivity contribution in [2.75, 3.05) is 6.54 Å². The van der Waals surface area contributed by atoms with E-state index in [0.717, 1.165) is 23.2 Å². The number of nitrogens with zero attached hydrogens (tertiary/aromatic N) is 1. The van der Waals surface area contributed by atoms with Crippen LogP contribution in [0.5, 0.6) is 0 Å². The van der Waals surface area contributed by atoms with Gasteiger partial charge >= 0.3 is 0 Å². The topological polar surface area (TPSA) is 41.6 Å². The fourth-order valence-corrected chi connectivity index (χ4v) is 4.30. The number of rotatable bonds is 2. The average Bonchev–Trinajstić information content (AvgIpc) is 2.70. The van der Waals surface area contributed by atoms with E-state index in [2.05, 4.69) is 17.0 Å². The maximum Gasteiger partial charge on any atom is 0.251 e. The van der Waals surface area contributed by atoms with Crippen molar-refractivity contribution in [3.05, 3.63) is 24.0 Å². The summed E-state index contributed by atoms with van der Waals surface area (Å²) in [6.45, 7) is 4.53. The Balaban J connectivity index is 1.58. The van der Waals surface area contributed by atoms with Crippen LogP contribution >= 0.6 is 0 Å². The molecule has 4 nitrogen and oxygen atoms in total. The van der Waals surface area contributed by atoms with E-state index in [1.165, 1.54) is 32.1 Å². The van der Waals surface area contributed by atoms with Crippen LogP contribution in [0.15, 0.2) is 24.0 Å². The molecular weight excluding hydrogens is 240 g/mol. The summed E-state index contributed by atoms with van der Waals surface area (Å²) in [4.78, 5) is 19.8. The van der Waals surface area contributed by atoms with Crippen LogP contribution in [0, 0.1) is 11.8 Å². The number of hydrogen-bond acceptors (Lipinski definition) is 3. The Labute approximate surface area is 113 Å². The third-order valence-electron chi connectivity index (χ3n) is 5.28. The standard InChI is InChI=1S/C15H20N2O2/c1-2-11-8-17(15(18)13-14(11)19-16-13)12-6-9-3-4-10(5-9)7-12/h2,9-10,12-13,16H,1,3-8H2. The first kappa shape index (κ1) is 11.5. The van der Waals surface area contributed by atoms with Crippen molar-refractivity contribution in [3.63, 3.8) is 0 Å². The second-order valence-electron chi connectivity index (χ2n) is 6.38. The van der Waals surface area contributed by atoms with E-state index < -0.39 is 0 Å². The molecule has 2 saturated carbocycles. The highest BCUT2D eigenvalue weighted by Gasteiger charge is 2.46. The number of fused-ring (bicyclic) bond motifs is 3. The molecule has 2 aliphatic carbocycles. The molecule has 1 amide bonds. The van der Waals surface area contributed by atoms with Crippen LogP contribution in [0.1, 0.15) is 32.1 Å². The van der Waals surface area contributed by atoms with Crippen LogP contribution < -0.4 is 5.48 Å². The van der Waals surface area contributed by atoms with Gasteiger partial charge in [0.05, 0.1) is 0 Å². The van der Waals surface area contributed by atoms with Crippen molar-refractivity contribution < 1.29 is 9.63 Å². The van der Waals surface area contributed by atoms with E-state index in [1.54, 1.807) is 0 Å². The predicted octanol–water partition coefficient (Wildman–Crippen LogP) is 1.75. The van der Waals surface area contributed by atoms with E-state index in [4.69, 9.17) is 4.84 Å². The summed E-state index contributed by atoms with van der Waals surface area (Å²) in [6.07, 6.45) is 8.33. The quantitative estimate of drug-likeness (QED) is 0.822. The Morgan fingerprint density at radius 1 is 1.26 bits per heavy atom. The molecule has 0 aromatic carbocycles. The number of carbonyl (C=O) groups is 1. The first-order valence-electron chi connectivity index (χ1n) is 7.34. The minimum atomic E-state index is -0.249. The molecule has 4 heteroatoms. The van der Waals surface area contributed by atoms with E-state index in [-0.39, 0.29) is 11.9 Å². The smallest absolute Gasteiger partial charge is 0.251 e. The highest BCUT2D eigenvalue weighted by molar-refractivity contribution is 5.88. The van der Waals surface area contributed by atoms with Gasteiger partial charge in [-0.15, -0.1) is 5.48 Å². The molecule has 2 aliphatic heterocycles. The van der Waals surface area contributed by atoms with Gasteiger partial charge in [0.1, 0.15) is 0 Å². The molecule has 0 aromatic heterocycles. The van der Waals surface area contributed by atoms with E-state index in [0.29, 0.717) is 12.6 Å². The molecule has 0 aromatic rings. The SMILES string of the molecule is C=CC1=C2ONC2C(=O)N(C2CC3CCC(C3)C2)C1. The Kier molecular flexibility index (Phi) is 2.49. The van der Waals surface area contributed by atoms with Crippen molar-refractivity contribution >= 4 is 5.91 Å². The third-order valence-corrected chi connectivity index (χ3v) is 5.28. The Morgan fingerprint density at radius 3 is 2.58 bits per heavy atom. The lowest BCUT2D eigenvalue weighted by Gasteiger charge is -2.45. The number of amides is 1. The van der Waals surface area contributed by atoms with Gasteiger partial charge in [-0.2, -0.15) is 0 Å². The lowest BCUT2D eigenvalue weighted by molar-refractivity contribution is -0.151. The first-order chi connectivity index (χ1) is 9.26. The van der Waals surface area contributed by atoms with E-state index in [9.17, 15) is 4.79 Å². The summed E-state index contributed by atoms with van der Waals surface area (Å²) in [7, 11) is 0. The van der Waals surface area contributed by atoms with Crippen LogP contribution in [-0.4, -0.2) is 29.4 Å². The maximum absolute atomic E-state index is 12.5. The van der Waals surface area contributed by atoms with Gasteiger partial charge < -0.3 is 9.74 Å². The molecule has 2 heterocycles. The van der Waals surface area contributed by atoms with Gasteiger partial charge in [-0.05, 0) is 31.1 Å². The summed E-state index contributed by atoms with van der Waals surface area (Å²) in [5.41, 5.74) is 3.84. The Morgan fingerprint density at radius 2 is 2.00 bits per heavy atom. The minimum Gasteiger partial charge on any atom is -0.409 e. The summed E-state index contributed by atoms with van der Waals surface area (Å²) in [5, 5.41) is 0. The largest absolute Gasteiger partial charge is 0.409 e. The number of nitrogens with one attached hydrogen (secondary N) is 1. The lowest BCUT2D eigenvalue weighted by Crippen LogP contribution is -2.61. The minimum absolute atomic E-state index is 0.193. The number of hydrogen-bond donors (Lipinski definition) is 1. The van der Waals surface area contributed by atoms with Gasteiger partial charge in [-0.25, -0.2) is 0 Å². The zero-order valence-corrected chi connectivity index (χ0v) is 11.1. The molecule has 1 N–H and O–H groups in total. The summed E-state index contributed by atoms with van der Waals surface area (Å²) >= 11 is 0. The number of carbonyl (C=O) groups excluding carboxylic acids is 1. The van der Waals surface area contributed by atoms with Crippen molar-refractivity contribution in [2.24, 2.45) is 11.8 Å². The van der Waals surface area contributed by atoms with Gasteiger partial charge in [0.25, 0.3) is 5.91 Å². The van der Waals surface area contributed by atoms with Crippen molar-refractivity contribution in [3.8, 4) is 0 Å². The van der Waals surface area contributed by atoms with E-state index >= 15 is 0 Å². The zero-order valence-electron chi connectivity index (χ0n) is 11.1. The molecule has 3 unspecified atom stereocenters. The Bertz CT molecular complexity index is 459. The van der Waals surface area contributed by atoms with Gasteiger partial charge in [0.2, 0.25) is 0 Å². The molecule has 102 valence electrons. The Hall–Kier alpha value is -1.29. The fraction of sp³-hybridized carbons (Fsp3) is 0.667. The van der Waals surface area contributed by atoms with Crippen LogP contribution in [0.2, 0.25) is 0 Å². The van der Waals surface area contributed by atoms with Crippen LogP contribution in [-0.2, 0) is 9.63 Å². The van der Waals surface area contributed by atoms with Crippen LogP contribution in [0.4, 0.5) is 0 Å². The molecule has 1 saturated heterocycles. The van der Waals surface area contributed by atoms with E-state index in [1.807, 2.05) is 6.08 Å². The molecule has 4 aliphatic rings. The highest BCUT2D eigenvalue weighted by atomic mass is 16.7. The van der Waals surface area contributed by atoms with Gasteiger partial charge in [-0.1, -0.05) is 25.5 Å². The first-order valence-corrected chi connectivity index (χ1v) is 7.34. The maximum atomic E-state index is 12.5. The van der Waals surface area contributed by atoms with Crippen molar-refractivity contribution in [2.45, 2.75) is 44.2 Å². The monoisotopic (exact) mass is 260 g/mol. The summed E-state index contributed by atoms with van der Waals surface area (Å²) < 4.78 is 0.